The van der Waals surface area contributed by atoms with Gasteiger partial charge in [-0.3, -0.25) is 0 Å². The molecule has 0 saturated heterocycles. The highest BCUT2D eigenvalue weighted by Crippen LogP contribution is 2.45. The van der Waals surface area contributed by atoms with Crippen molar-refractivity contribution in [3.63, 3.8) is 0 Å². The van der Waals surface area contributed by atoms with Crippen molar-refractivity contribution in [2.75, 3.05) is 0 Å². The molecule has 2 aromatic heterocycles. The first kappa shape index (κ1) is 38.3. The summed E-state index contributed by atoms with van der Waals surface area (Å²) < 4.78 is 4.85. The molecule has 0 N–H and O–H groups in total. The minimum Gasteiger partial charge on any atom is -0.309 e. The highest BCUT2D eigenvalue weighted by molar-refractivity contribution is 6.21. The van der Waals surface area contributed by atoms with Gasteiger partial charge < -0.3 is 9.13 Å². The van der Waals surface area contributed by atoms with E-state index in [2.05, 4.69) is 264 Å². The second-order valence-electron chi connectivity index (χ2n) is 18.0. The number of hydrogen-bond donors (Lipinski definition) is 0. The largest absolute Gasteiger partial charge is 0.309 e. The lowest BCUT2D eigenvalue weighted by molar-refractivity contribution is 1.18. The third-order valence-corrected chi connectivity index (χ3v) is 14.3. The molecule has 14 rings (SSSR count). The number of aromatic nitrogens is 2. The van der Waals surface area contributed by atoms with Crippen LogP contribution in [0.3, 0.4) is 0 Å². The van der Waals surface area contributed by atoms with E-state index in [0.717, 1.165) is 11.4 Å². The molecule has 0 aliphatic heterocycles. The summed E-state index contributed by atoms with van der Waals surface area (Å²) in [6.45, 7) is 0. The zero-order chi connectivity index (χ0) is 44.7. The van der Waals surface area contributed by atoms with E-state index in [1.165, 1.54) is 120 Å². The molecule has 0 aliphatic rings. The van der Waals surface area contributed by atoms with Crippen LogP contribution in [-0.2, 0) is 0 Å². The Labute approximate surface area is 393 Å². The third kappa shape index (κ3) is 5.98. The topological polar surface area (TPSA) is 9.86 Å². The molecule has 0 fully saturated rings. The van der Waals surface area contributed by atoms with Gasteiger partial charge in [0.05, 0.1) is 22.1 Å². The Morgan fingerprint density at radius 1 is 0.191 bits per heavy atom. The highest BCUT2D eigenvalue weighted by Gasteiger charge is 2.20. The van der Waals surface area contributed by atoms with Crippen molar-refractivity contribution in [2.45, 2.75) is 0 Å². The highest BCUT2D eigenvalue weighted by atomic mass is 15.0. The van der Waals surface area contributed by atoms with Crippen LogP contribution < -0.4 is 0 Å². The molecular weight excluding hydrogens is 821 g/mol. The summed E-state index contributed by atoms with van der Waals surface area (Å²) in [5, 5.41) is 12.5. The fraction of sp³-hybridized carbons (Fsp3) is 0. The zero-order valence-electron chi connectivity index (χ0n) is 37.1. The van der Waals surface area contributed by atoms with Crippen molar-refractivity contribution in [3.05, 3.63) is 255 Å². The van der Waals surface area contributed by atoms with E-state index in [1.807, 2.05) is 0 Å². The van der Waals surface area contributed by atoms with Gasteiger partial charge in [-0.25, -0.2) is 0 Å². The van der Waals surface area contributed by atoms with Crippen LogP contribution in [0.5, 0.6) is 0 Å². The molecule has 0 spiro atoms. The Morgan fingerprint density at radius 3 is 1.22 bits per heavy atom. The van der Waals surface area contributed by atoms with E-state index in [0.29, 0.717) is 0 Å². The van der Waals surface area contributed by atoms with Crippen LogP contribution in [-0.4, -0.2) is 9.13 Å². The van der Waals surface area contributed by atoms with E-state index < -0.39 is 0 Å². The van der Waals surface area contributed by atoms with Gasteiger partial charge in [-0.1, -0.05) is 188 Å². The fourth-order valence-corrected chi connectivity index (χ4v) is 11.2. The second-order valence-corrected chi connectivity index (χ2v) is 18.0. The van der Waals surface area contributed by atoms with Crippen LogP contribution in [0.1, 0.15) is 0 Å². The Balaban J connectivity index is 0.960. The molecule has 0 atom stereocenters. The van der Waals surface area contributed by atoms with Crippen LogP contribution in [0.15, 0.2) is 255 Å². The van der Waals surface area contributed by atoms with Crippen molar-refractivity contribution in [1.82, 2.24) is 9.13 Å². The summed E-state index contributed by atoms with van der Waals surface area (Å²) in [6.07, 6.45) is 0. The number of hydrogen-bond acceptors (Lipinski definition) is 0. The normalized spacial score (nSPS) is 11.8. The standard InChI is InChI=1S/C66H42N2/c1-3-16-44(17-4-1)65-55-22-9-11-24-57(55)66(58-25-12-10-23-56(58)65)45-29-34-52(35-30-45)68-63-38-32-48(47-28-27-43-15-7-8-18-46(43)39-47)40-60(63)54-36-31-50(42-64(54)68)49-33-37-62-59(41-49)53-21-13-14-26-61(53)67(62)51-19-5-2-6-20-51/h1-42H. The first-order valence-electron chi connectivity index (χ1n) is 23.5. The van der Waals surface area contributed by atoms with Gasteiger partial charge >= 0.3 is 0 Å². The average Bonchev–Trinajstić information content (AvgIpc) is 3.92. The molecule has 0 radical (unpaired) electrons. The monoisotopic (exact) mass is 862 g/mol. The molecule has 0 aliphatic carbocycles. The second kappa shape index (κ2) is 15.3. The number of rotatable bonds is 6. The maximum Gasteiger partial charge on any atom is 0.0547 e. The molecule has 316 valence electrons. The molecule has 0 bridgehead atoms. The summed E-state index contributed by atoms with van der Waals surface area (Å²) in [4.78, 5) is 0. The lowest BCUT2D eigenvalue weighted by atomic mass is 9.86. The average molecular weight is 863 g/mol. The van der Waals surface area contributed by atoms with E-state index in [1.54, 1.807) is 0 Å². The Kier molecular flexibility index (Phi) is 8.62. The van der Waals surface area contributed by atoms with Gasteiger partial charge in [0.25, 0.3) is 0 Å². The first-order valence-corrected chi connectivity index (χ1v) is 23.5. The van der Waals surface area contributed by atoms with Gasteiger partial charge in [0.2, 0.25) is 0 Å². The minimum atomic E-state index is 1.13. The van der Waals surface area contributed by atoms with Crippen molar-refractivity contribution >= 4 is 75.9 Å². The molecule has 0 saturated carbocycles. The smallest absolute Gasteiger partial charge is 0.0547 e. The molecule has 12 aromatic carbocycles. The number of para-hydroxylation sites is 2. The number of fused-ring (bicyclic) bond motifs is 9. The molecule has 14 aromatic rings. The van der Waals surface area contributed by atoms with Crippen LogP contribution in [0, 0.1) is 0 Å². The predicted molar refractivity (Wildman–Crippen MR) is 289 cm³/mol. The Hall–Kier alpha value is -8.98. The Bertz CT molecular complexity index is 4230. The van der Waals surface area contributed by atoms with Gasteiger partial charge in [-0.15, -0.1) is 0 Å². The minimum absolute atomic E-state index is 1.13. The number of benzene rings is 12. The maximum atomic E-state index is 2.47. The summed E-state index contributed by atoms with van der Waals surface area (Å²) in [6, 6.07) is 93.8. The predicted octanol–water partition coefficient (Wildman–Crippen LogP) is 18.0. The van der Waals surface area contributed by atoms with Gasteiger partial charge in [0.1, 0.15) is 0 Å². The maximum absolute atomic E-state index is 2.47. The van der Waals surface area contributed by atoms with Crippen molar-refractivity contribution < 1.29 is 0 Å². The van der Waals surface area contributed by atoms with Gasteiger partial charge in [0, 0.05) is 32.9 Å². The molecule has 2 heterocycles. The van der Waals surface area contributed by atoms with Gasteiger partial charge in [-0.05, 0) is 144 Å². The van der Waals surface area contributed by atoms with Crippen molar-refractivity contribution in [3.8, 4) is 55.9 Å². The van der Waals surface area contributed by atoms with E-state index >= 15 is 0 Å². The molecular formula is C66H42N2. The molecule has 2 nitrogen and oxygen atoms in total. The quantitative estimate of drug-likeness (QED) is 0.147. The summed E-state index contributed by atoms with van der Waals surface area (Å²) in [5.74, 6) is 0. The van der Waals surface area contributed by atoms with Crippen molar-refractivity contribution in [1.29, 1.82) is 0 Å². The molecule has 68 heavy (non-hydrogen) atoms. The molecule has 0 amide bonds. The van der Waals surface area contributed by atoms with Crippen LogP contribution >= 0.6 is 0 Å². The lowest BCUT2D eigenvalue weighted by Crippen LogP contribution is -1.95. The number of nitrogens with zero attached hydrogens (tertiary/aromatic N) is 2. The molecule has 2 heteroatoms. The van der Waals surface area contributed by atoms with E-state index in [4.69, 9.17) is 0 Å². The van der Waals surface area contributed by atoms with Crippen LogP contribution in [0.2, 0.25) is 0 Å². The Morgan fingerprint density at radius 2 is 0.588 bits per heavy atom. The first-order chi connectivity index (χ1) is 33.7. The van der Waals surface area contributed by atoms with E-state index in [-0.39, 0.29) is 0 Å². The third-order valence-electron chi connectivity index (χ3n) is 14.3. The van der Waals surface area contributed by atoms with Gasteiger partial charge in [0.15, 0.2) is 0 Å². The summed E-state index contributed by atoms with van der Waals surface area (Å²) in [5.41, 5.74) is 16.8. The van der Waals surface area contributed by atoms with Crippen molar-refractivity contribution in [2.24, 2.45) is 0 Å². The zero-order valence-corrected chi connectivity index (χ0v) is 37.1. The van der Waals surface area contributed by atoms with Gasteiger partial charge in [-0.2, -0.15) is 0 Å². The molecule has 0 unspecified atom stereocenters. The lowest BCUT2D eigenvalue weighted by Gasteiger charge is -2.18. The SMILES string of the molecule is c1ccc(-c2c3ccccc3c(-c3ccc(-n4c5ccc(-c6ccc7ccccc7c6)cc5c5ccc(-c6ccc7c(c6)c6ccccc6n7-c6ccccc6)cc54)cc3)c3ccccc23)cc1. The fourth-order valence-electron chi connectivity index (χ4n) is 11.2. The van der Waals surface area contributed by atoms with Crippen LogP contribution in [0.25, 0.3) is 132 Å². The van der Waals surface area contributed by atoms with E-state index in [9.17, 15) is 0 Å². The van der Waals surface area contributed by atoms with Crippen LogP contribution in [0.4, 0.5) is 0 Å². The summed E-state index contributed by atoms with van der Waals surface area (Å²) in [7, 11) is 0. The summed E-state index contributed by atoms with van der Waals surface area (Å²) >= 11 is 0.